The van der Waals surface area contributed by atoms with Crippen LogP contribution in [-0.2, 0) is 14.4 Å². The zero-order valence-corrected chi connectivity index (χ0v) is 7.85. The summed E-state index contributed by atoms with van der Waals surface area (Å²) in [5.41, 5.74) is 0. The Morgan fingerprint density at radius 1 is 1.07 bits per heavy atom. The molecule has 0 fully saturated rings. The first-order valence-electron chi connectivity index (χ1n) is 3.26. The predicted octanol–water partition coefficient (Wildman–Crippen LogP) is -1.09. The minimum absolute atomic E-state index is 0.0833. The van der Waals surface area contributed by atoms with Crippen molar-refractivity contribution in [3.63, 3.8) is 0 Å². The maximum atomic E-state index is 9.72. The van der Waals surface area contributed by atoms with E-state index in [1.54, 1.807) is 0 Å². The van der Waals surface area contributed by atoms with Gasteiger partial charge in [0.1, 0.15) is 0 Å². The number of aliphatic carboxylic acids is 3. The van der Waals surface area contributed by atoms with E-state index in [-0.39, 0.29) is 5.75 Å². The first-order valence-corrected chi connectivity index (χ1v) is 3.89. The third-order valence-corrected chi connectivity index (χ3v) is 1.06. The number of hydrogen-bond donors (Lipinski definition) is 5. The van der Waals surface area contributed by atoms with Gasteiger partial charge < -0.3 is 20.4 Å². The summed E-state index contributed by atoms with van der Waals surface area (Å²) < 4.78 is 0. The molecule has 0 rings (SSSR count). The highest BCUT2D eigenvalue weighted by Gasteiger charge is 2.16. The SMILES string of the molecule is O=C(O)CC(O)C(=O)O.O=C(O)CS. The van der Waals surface area contributed by atoms with E-state index in [0.29, 0.717) is 0 Å². The van der Waals surface area contributed by atoms with Crippen LogP contribution in [0.4, 0.5) is 0 Å². The van der Waals surface area contributed by atoms with Gasteiger partial charge in [0.05, 0.1) is 12.2 Å². The Labute approximate surface area is 84.4 Å². The van der Waals surface area contributed by atoms with E-state index in [1.165, 1.54) is 0 Å². The van der Waals surface area contributed by atoms with Gasteiger partial charge in [-0.25, -0.2) is 4.79 Å². The average Bonchev–Trinajstić information content (AvgIpc) is 2.04. The number of hydrogen-bond acceptors (Lipinski definition) is 5. The van der Waals surface area contributed by atoms with E-state index < -0.39 is 30.4 Å². The molecule has 82 valence electrons. The lowest BCUT2D eigenvalue weighted by molar-refractivity contribution is -0.152. The van der Waals surface area contributed by atoms with E-state index in [9.17, 15) is 14.4 Å². The Balaban J connectivity index is 0. The molecule has 0 aromatic rings. The smallest absolute Gasteiger partial charge is 0.333 e. The molecule has 7 nitrogen and oxygen atoms in total. The molecular weight excluding hydrogens is 216 g/mol. The van der Waals surface area contributed by atoms with E-state index in [2.05, 4.69) is 12.6 Å². The van der Waals surface area contributed by atoms with Gasteiger partial charge in [-0.1, -0.05) is 0 Å². The number of carbonyl (C=O) groups is 3. The summed E-state index contributed by atoms with van der Waals surface area (Å²) in [6, 6.07) is 0. The van der Waals surface area contributed by atoms with Gasteiger partial charge >= 0.3 is 17.9 Å². The molecule has 0 aliphatic rings. The predicted molar refractivity (Wildman–Crippen MR) is 47.4 cm³/mol. The first-order chi connectivity index (χ1) is 6.31. The van der Waals surface area contributed by atoms with Crippen molar-refractivity contribution in [3.8, 4) is 0 Å². The van der Waals surface area contributed by atoms with Crippen LogP contribution in [0.25, 0.3) is 0 Å². The van der Waals surface area contributed by atoms with Crippen molar-refractivity contribution in [1.29, 1.82) is 0 Å². The summed E-state index contributed by atoms with van der Waals surface area (Å²) in [4.78, 5) is 28.7. The van der Waals surface area contributed by atoms with Gasteiger partial charge in [-0.15, -0.1) is 0 Å². The minimum atomic E-state index is -1.79. The fourth-order valence-electron chi connectivity index (χ4n) is 0.253. The molecule has 0 bridgehead atoms. The second-order valence-corrected chi connectivity index (χ2v) is 2.32. The van der Waals surface area contributed by atoms with Gasteiger partial charge in [-0.05, 0) is 0 Å². The number of carboxylic acid groups (broad SMARTS) is 3. The quantitative estimate of drug-likeness (QED) is 0.384. The molecule has 0 heterocycles. The zero-order valence-electron chi connectivity index (χ0n) is 6.95. The summed E-state index contributed by atoms with van der Waals surface area (Å²) in [6.45, 7) is 0. The molecule has 0 radical (unpaired) electrons. The summed E-state index contributed by atoms with van der Waals surface area (Å²) in [6.07, 6.45) is -2.54. The van der Waals surface area contributed by atoms with Gasteiger partial charge in [0.15, 0.2) is 6.10 Å². The molecule has 0 amide bonds. The Kier molecular flexibility index (Phi) is 9.04. The Hall–Kier alpha value is -1.28. The summed E-state index contributed by atoms with van der Waals surface area (Å²) in [7, 11) is 0. The summed E-state index contributed by atoms with van der Waals surface area (Å²) in [5.74, 6) is -3.81. The van der Waals surface area contributed by atoms with E-state index >= 15 is 0 Å². The van der Waals surface area contributed by atoms with Gasteiger partial charge in [-0.2, -0.15) is 12.6 Å². The first kappa shape index (κ1) is 15.2. The van der Waals surface area contributed by atoms with Crippen molar-refractivity contribution >= 4 is 30.5 Å². The second-order valence-electron chi connectivity index (χ2n) is 2.00. The summed E-state index contributed by atoms with van der Waals surface area (Å²) >= 11 is 3.42. The van der Waals surface area contributed by atoms with Crippen LogP contribution >= 0.6 is 12.6 Å². The van der Waals surface area contributed by atoms with Crippen molar-refractivity contribution in [1.82, 2.24) is 0 Å². The van der Waals surface area contributed by atoms with Crippen molar-refractivity contribution < 1.29 is 34.8 Å². The Morgan fingerprint density at radius 2 is 1.43 bits per heavy atom. The molecule has 1 unspecified atom stereocenters. The zero-order chi connectivity index (χ0) is 11.7. The fraction of sp³-hybridized carbons (Fsp3) is 0.500. The second kappa shape index (κ2) is 8.32. The van der Waals surface area contributed by atoms with Crippen molar-refractivity contribution in [3.05, 3.63) is 0 Å². The molecule has 0 aromatic carbocycles. The highest BCUT2D eigenvalue weighted by Crippen LogP contribution is 1.89. The van der Waals surface area contributed by atoms with Crippen LogP contribution in [-0.4, -0.2) is 50.2 Å². The van der Waals surface area contributed by atoms with Crippen LogP contribution in [0.2, 0.25) is 0 Å². The van der Waals surface area contributed by atoms with E-state index in [4.69, 9.17) is 20.4 Å². The number of carboxylic acids is 3. The largest absolute Gasteiger partial charge is 0.481 e. The highest BCUT2D eigenvalue weighted by atomic mass is 32.1. The fourth-order valence-corrected chi connectivity index (χ4v) is 0.253. The molecule has 0 aliphatic heterocycles. The molecule has 0 aromatic heterocycles. The van der Waals surface area contributed by atoms with E-state index in [1.807, 2.05) is 0 Å². The molecule has 4 N–H and O–H groups in total. The van der Waals surface area contributed by atoms with E-state index in [0.717, 1.165) is 0 Å². The van der Waals surface area contributed by atoms with Gasteiger partial charge in [-0.3, -0.25) is 9.59 Å². The molecule has 0 saturated heterocycles. The van der Waals surface area contributed by atoms with Gasteiger partial charge in [0.25, 0.3) is 0 Å². The molecular formula is C6H10O7S. The lowest BCUT2D eigenvalue weighted by Crippen LogP contribution is -2.22. The number of rotatable bonds is 4. The maximum Gasteiger partial charge on any atom is 0.333 e. The lowest BCUT2D eigenvalue weighted by atomic mass is 10.3. The van der Waals surface area contributed by atoms with Crippen LogP contribution in [0.1, 0.15) is 6.42 Å². The summed E-state index contributed by atoms with van der Waals surface area (Å²) in [5, 5.41) is 31.8. The van der Waals surface area contributed by atoms with Crippen molar-refractivity contribution in [2.45, 2.75) is 12.5 Å². The highest BCUT2D eigenvalue weighted by molar-refractivity contribution is 7.81. The molecule has 1 atom stereocenters. The molecule has 0 spiro atoms. The van der Waals surface area contributed by atoms with Gasteiger partial charge in [0, 0.05) is 0 Å². The van der Waals surface area contributed by atoms with Crippen LogP contribution in [0.3, 0.4) is 0 Å². The van der Waals surface area contributed by atoms with Gasteiger partial charge in [0.2, 0.25) is 0 Å². The number of aliphatic hydroxyl groups excluding tert-OH is 1. The third-order valence-electron chi connectivity index (χ3n) is 0.788. The lowest BCUT2D eigenvalue weighted by Gasteiger charge is -1.97. The molecule has 8 heteroatoms. The standard InChI is InChI=1S/C4H6O5.C2H4O2S/c5-2(4(8)9)1-3(6)7;3-2(4)1-5/h2,5H,1H2,(H,6,7)(H,8,9);5H,1H2,(H,3,4). The van der Waals surface area contributed by atoms with Crippen LogP contribution in [0.15, 0.2) is 0 Å². The van der Waals surface area contributed by atoms with Crippen LogP contribution < -0.4 is 0 Å². The van der Waals surface area contributed by atoms with Crippen LogP contribution in [0, 0.1) is 0 Å². The maximum absolute atomic E-state index is 9.72. The molecule has 0 saturated carbocycles. The van der Waals surface area contributed by atoms with Crippen molar-refractivity contribution in [2.24, 2.45) is 0 Å². The van der Waals surface area contributed by atoms with Crippen molar-refractivity contribution in [2.75, 3.05) is 5.75 Å². The number of thiol groups is 1. The monoisotopic (exact) mass is 226 g/mol. The minimum Gasteiger partial charge on any atom is -0.481 e. The molecule has 0 aliphatic carbocycles. The molecule has 14 heavy (non-hydrogen) atoms. The third kappa shape index (κ3) is 13.3. The Bertz CT molecular complexity index is 214. The topological polar surface area (TPSA) is 132 Å². The average molecular weight is 226 g/mol. The van der Waals surface area contributed by atoms with Crippen LogP contribution in [0.5, 0.6) is 0 Å². The normalized spacial score (nSPS) is 10.7. The number of aliphatic hydroxyl groups is 1. The Morgan fingerprint density at radius 3 is 1.50 bits per heavy atom.